The Kier molecular flexibility index (Phi) is 4.11. The van der Waals surface area contributed by atoms with Crippen molar-refractivity contribution in [2.75, 3.05) is 0 Å². The molecule has 3 heteroatoms. The van der Waals surface area contributed by atoms with E-state index in [1.54, 1.807) is 11.3 Å². The van der Waals surface area contributed by atoms with Gasteiger partial charge in [0.25, 0.3) is 0 Å². The Labute approximate surface area is 141 Å². The highest BCUT2D eigenvalue weighted by Crippen LogP contribution is 2.30. The number of thiophene rings is 1. The van der Waals surface area contributed by atoms with Crippen LogP contribution in [0.15, 0.2) is 48.8 Å². The molecule has 0 aliphatic carbocycles. The molecule has 0 saturated carbocycles. The molecule has 0 atom stereocenters. The van der Waals surface area contributed by atoms with Crippen molar-refractivity contribution in [3.05, 3.63) is 64.8 Å². The second kappa shape index (κ2) is 6.06. The van der Waals surface area contributed by atoms with Crippen molar-refractivity contribution in [2.45, 2.75) is 33.2 Å². The number of rotatable bonds is 1. The first-order valence-corrected chi connectivity index (χ1v) is 8.48. The molecule has 0 spiro atoms. The number of aromatic nitrogens is 2. The summed E-state index contributed by atoms with van der Waals surface area (Å²) >= 11 is 1.69. The van der Waals surface area contributed by atoms with E-state index in [1.807, 2.05) is 24.5 Å². The molecule has 0 aliphatic rings. The van der Waals surface area contributed by atoms with Crippen LogP contribution in [0.2, 0.25) is 0 Å². The lowest BCUT2D eigenvalue weighted by Gasteiger charge is -2.22. The number of imidazole rings is 1. The second-order valence-corrected chi connectivity index (χ2v) is 7.66. The van der Waals surface area contributed by atoms with Gasteiger partial charge in [0, 0.05) is 23.5 Å². The molecular weight excluding hydrogens is 300 g/mol. The third kappa shape index (κ3) is 3.55. The molecule has 2 aromatic heterocycles. The molecule has 2 heterocycles. The number of nitrogens with zero attached hydrogens (tertiary/aromatic N) is 2. The maximum Gasteiger partial charge on any atom is 0.150 e. The maximum absolute atomic E-state index is 4.52. The van der Waals surface area contributed by atoms with Crippen LogP contribution in [0.5, 0.6) is 0 Å². The van der Waals surface area contributed by atoms with Crippen LogP contribution in [0, 0.1) is 18.8 Å². The summed E-state index contributed by atoms with van der Waals surface area (Å²) < 4.78 is 2.20. The maximum atomic E-state index is 4.52. The van der Waals surface area contributed by atoms with E-state index in [0.717, 1.165) is 21.1 Å². The minimum Gasteiger partial charge on any atom is -0.325 e. The first kappa shape index (κ1) is 15.6. The van der Waals surface area contributed by atoms with Gasteiger partial charge in [0.1, 0.15) is 0 Å². The van der Waals surface area contributed by atoms with Crippen molar-refractivity contribution >= 4 is 11.3 Å². The van der Waals surface area contributed by atoms with Gasteiger partial charge in [-0.05, 0) is 57.5 Å². The zero-order valence-electron chi connectivity index (χ0n) is 13.9. The molecule has 0 amide bonds. The van der Waals surface area contributed by atoms with Crippen molar-refractivity contribution in [3.63, 3.8) is 0 Å². The Morgan fingerprint density at radius 3 is 2.65 bits per heavy atom. The highest BCUT2D eigenvalue weighted by atomic mass is 32.1. The first-order valence-electron chi connectivity index (χ1n) is 7.66. The summed E-state index contributed by atoms with van der Waals surface area (Å²) in [5.74, 6) is 7.50. The lowest BCUT2D eigenvalue weighted by molar-refractivity contribution is 0.401. The van der Waals surface area contributed by atoms with Crippen molar-refractivity contribution in [2.24, 2.45) is 0 Å². The molecule has 0 fully saturated rings. The molecule has 1 aromatic carbocycles. The standard InChI is InChI=1S/C20H20N2S/c1-15-6-5-7-16(14-15)8-9-17-10-11-18(23-17)19-21-12-13-22(19)20(2,3)4/h5-7,10-14H,1-4H3. The van der Waals surface area contributed by atoms with Crippen LogP contribution in [0.3, 0.4) is 0 Å². The van der Waals surface area contributed by atoms with Gasteiger partial charge in [-0.1, -0.05) is 24.0 Å². The van der Waals surface area contributed by atoms with Gasteiger partial charge >= 0.3 is 0 Å². The summed E-state index contributed by atoms with van der Waals surface area (Å²) in [4.78, 5) is 6.73. The lowest BCUT2D eigenvalue weighted by atomic mass is 10.1. The molecule has 0 aliphatic heterocycles. The number of hydrogen-bond acceptors (Lipinski definition) is 2. The van der Waals surface area contributed by atoms with Gasteiger partial charge in [-0.25, -0.2) is 4.98 Å². The Bertz CT molecular complexity index is 882. The summed E-state index contributed by atoms with van der Waals surface area (Å²) in [6.45, 7) is 8.64. The minimum absolute atomic E-state index is 0.0171. The number of benzene rings is 1. The molecular formula is C20H20N2S. The molecule has 0 N–H and O–H groups in total. The van der Waals surface area contributed by atoms with E-state index in [4.69, 9.17) is 0 Å². The molecule has 2 nitrogen and oxygen atoms in total. The second-order valence-electron chi connectivity index (χ2n) is 6.58. The van der Waals surface area contributed by atoms with Gasteiger partial charge in [-0.15, -0.1) is 11.3 Å². The highest BCUT2D eigenvalue weighted by molar-refractivity contribution is 7.15. The largest absolute Gasteiger partial charge is 0.325 e. The molecule has 0 saturated heterocycles. The quantitative estimate of drug-likeness (QED) is 0.572. The van der Waals surface area contributed by atoms with Gasteiger partial charge in [0.2, 0.25) is 0 Å². The van der Waals surface area contributed by atoms with E-state index in [0.29, 0.717) is 0 Å². The topological polar surface area (TPSA) is 17.8 Å². The summed E-state index contributed by atoms with van der Waals surface area (Å²) in [7, 11) is 0. The lowest BCUT2D eigenvalue weighted by Crippen LogP contribution is -2.21. The van der Waals surface area contributed by atoms with Crippen molar-refractivity contribution < 1.29 is 0 Å². The van der Waals surface area contributed by atoms with Gasteiger partial charge in [-0.2, -0.15) is 0 Å². The fourth-order valence-electron chi connectivity index (χ4n) is 2.41. The van der Waals surface area contributed by atoms with Crippen molar-refractivity contribution in [3.8, 4) is 22.5 Å². The average molecular weight is 320 g/mol. The zero-order valence-corrected chi connectivity index (χ0v) is 14.7. The predicted molar refractivity (Wildman–Crippen MR) is 97.7 cm³/mol. The first-order chi connectivity index (χ1) is 10.9. The molecule has 116 valence electrons. The third-order valence-corrected chi connectivity index (χ3v) is 4.53. The summed E-state index contributed by atoms with van der Waals surface area (Å²) in [6.07, 6.45) is 3.89. The molecule has 0 radical (unpaired) electrons. The smallest absolute Gasteiger partial charge is 0.150 e. The summed E-state index contributed by atoms with van der Waals surface area (Å²) in [5.41, 5.74) is 2.30. The van der Waals surface area contributed by atoms with E-state index in [2.05, 4.69) is 73.4 Å². The van der Waals surface area contributed by atoms with Crippen LogP contribution >= 0.6 is 11.3 Å². The highest BCUT2D eigenvalue weighted by Gasteiger charge is 2.18. The van der Waals surface area contributed by atoms with Crippen LogP contribution in [-0.2, 0) is 5.54 Å². The number of aryl methyl sites for hydroxylation is 1. The van der Waals surface area contributed by atoms with Crippen LogP contribution < -0.4 is 0 Å². The van der Waals surface area contributed by atoms with Crippen molar-refractivity contribution in [1.82, 2.24) is 9.55 Å². The molecule has 3 rings (SSSR count). The monoisotopic (exact) mass is 320 g/mol. The van der Waals surface area contributed by atoms with E-state index in [1.165, 1.54) is 5.56 Å². The van der Waals surface area contributed by atoms with Crippen LogP contribution in [0.1, 0.15) is 36.8 Å². The van der Waals surface area contributed by atoms with Crippen LogP contribution in [-0.4, -0.2) is 9.55 Å². The van der Waals surface area contributed by atoms with Gasteiger partial charge in [0.05, 0.1) is 9.75 Å². The Morgan fingerprint density at radius 2 is 1.91 bits per heavy atom. The van der Waals surface area contributed by atoms with E-state index >= 15 is 0 Å². The third-order valence-electron chi connectivity index (χ3n) is 3.54. The Morgan fingerprint density at radius 1 is 1.09 bits per heavy atom. The molecule has 23 heavy (non-hydrogen) atoms. The number of hydrogen-bond donors (Lipinski definition) is 0. The Hall–Kier alpha value is -2.31. The van der Waals surface area contributed by atoms with E-state index in [-0.39, 0.29) is 5.54 Å². The van der Waals surface area contributed by atoms with Crippen LogP contribution in [0.4, 0.5) is 0 Å². The van der Waals surface area contributed by atoms with Gasteiger partial charge < -0.3 is 4.57 Å². The van der Waals surface area contributed by atoms with Gasteiger partial charge in [0.15, 0.2) is 5.82 Å². The summed E-state index contributed by atoms with van der Waals surface area (Å²) in [5, 5.41) is 0. The predicted octanol–water partition coefficient (Wildman–Crippen LogP) is 5.07. The summed E-state index contributed by atoms with van der Waals surface area (Å²) in [6, 6.07) is 12.5. The molecule has 0 bridgehead atoms. The molecule has 3 aromatic rings. The van der Waals surface area contributed by atoms with Crippen LogP contribution in [0.25, 0.3) is 10.7 Å². The minimum atomic E-state index is 0.0171. The fourth-order valence-corrected chi connectivity index (χ4v) is 3.26. The van der Waals surface area contributed by atoms with Gasteiger partial charge in [-0.3, -0.25) is 0 Å². The normalized spacial score (nSPS) is 11.1. The van der Waals surface area contributed by atoms with E-state index in [9.17, 15) is 0 Å². The average Bonchev–Trinajstić information content (AvgIpc) is 3.13. The zero-order chi connectivity index (χ0) is 16.4. The molecule has 0 unspecified atom stereocenters. The van der Waals surface area contributed by atoms with Crippen molar-refractivity contribution in [1.29, 1.82) is 0 Å². The fraction of sp³-hybridized carbons (Fsp3) is 0.250. The SMILES string of the molecule is Cc1cccc(C#Cc2ccc(-c3nccn3C(C)(C)C)s2)c1. The Balaban J connectivity index is 1.89. The van der Waals surface area contributed by atoms with E-state index < -0.39 is 0 Å².